The molecule has 0 fully saturated rings. The van der Waals surface area contributed by atoms with E-state index < -0.39 is 10.1 Å². The van der Waals surface area contributed by atoms with Gasteiger partial charge in [-0.1, -0.05) is 41.4 Å². The molecule has 104 valence electrons. The smallest absolute Gasteiger partial charge is 0.332 e. The van der Waals surface area contributed by atoms with Crippen LogP contribution in [0.25, 0.3) is 6.08 Å². The van der Waals surface area contributed by atoms with E-state index >= 15 is 0 Å². The van der Waals surface area contributed by atoms with Crippen molar-refractivity contribution in [2.24, 2.45) is 0 Å². The third kappa shape index (κ3) is 4.40. The zero-order valence-electron chi connectivity index (χ0n) is 10.8. The molecule has 2 aromatic rings. The van der Waals surface area contributed by atoms with Gasteiger partial charge in [-0.3, -0.25) is 0 Å². The normalized spacial score (nSPS) is 11.7. The fraction of sp³-hybridized carbons (Fsp3) is 0.0667. The first kappa shape index (κ1) is 14.6. The highest BCUT2D eigenvalue weighted by molar-refractivity contribution is 7.90. The molecule has 0 aliphatic heterocycles. The molecule has 0 N–H and O–H groups in total. The van der Waals surface area contributed by atoms with E-state index in [1.165, 1.54) is 6.08 Å². The Morgan fingerprint density at radius 2 is 1.60 bits per heavy atom. The summed E-state index contributed by atoms with van der Waals surface area (Å²) >= 11 is 5.75. The van der Waals surface area contributed by atoms with Crippen molar-refractivity contribution in [1.82, 2.24) is 0 Å². The minimum Gasteiger partial charge on any atom is -0.379 e. The number of hydrogen-bond donors (Lipinski definition) is 0. The average Bonchev–Trinajstić information content (AvgIpc) is 2.41. The standard InChI is InChI=1S/C15H13ClO3S/c1-12-2-8-15(9-3-12)19-20(17,18)11-10-13-4-6-14(16)7-5-13/h2-11H,1H3/b11-10+. The molecule has 0 bridgehead atoms. The first-order valence-electron chi connectivity index (χ1n) is 5.89. The minimum atomic E-state index is -3.77. The Bertz CT molecular complexity index is 702. The predicted octanol–water partition coefficient (Wildman–Crippen LogP) is 4.03. The van der Waals surface area contributed by atoms with Gasteiger partial charge in [0.1, 0.15) is 5.75 Å². The summed E-state index contributed by atoms with van der Waals surface area (Å²) in [6, 6.07) is 13.6. The first-order valence-corrected chi connectivity index (χ1v) is 7.74. The first-order chi connectivity index (χ1) is 9.44. The SMILES string of the molecule is Cc1ccc(OS(=O)(=O)/C=C/c2ccc(Cl)cc2)cc1. The predicted molar refractivity (Wildman–Crippen MR) is 81.2 cm³/mol. The molecule has 0 unspecified atom stereocenters. The Balaban J connectivity index is 2.11. The molecule has 2 rings (SSSR count). The second kappa shape index (κ2) is 6.11. The van der Waals surface area contributed by atoms with Gasteiger partial charge >= 0.3 is 10.1 Å². The molecule has 0 heterocycles. The highest BCUT2D eigenvalue weighted by Gasteiger charge is 2.07. The molecule has 0 saturated carbocycles. The van der Waals surface area contributed by atoms with Gasteiger partial charge in [0.05, 0.1) is 5.41 Å². The monoisotopic (exact) mass is 308 g/mol. The lowest BCUT2D eigenvalue weighted by molar-refractivity contribution is 0.497. The minimum absolute atomic E-state index is 0.288. The van der Waals surface area contributed by atoms with Gasteiger partial charge < -0.3 is 4.18 Å². The molecule has 20 heavy (non-hydrogen) atoms. The van der Waals surface area contributed by atoms with Crippen LogP contribution in [0.1, 0.15) is 11.1 Å². The number of halogens is 1. The molecule has 3 nitrogen and oxygen atoms in total. The lowest BCUT2D eigenvalue weighted by Gasteiger charge is -2.03. The molecule has 5 heteroatoms. The van der Waals surface area contributed by atoms with Gasteiger partial charge in [0.2, 0.25) is 0 Å². The van der Waals surface area contributed by atoms with Crippen LogP contribution in [-0.2, 0) is 10.1 Å². The third-order valence-electron chi connectivity index (χ3n) is 2.53. The lowest BCUT2D eigenvalue weighted by Crippen LogP contribution is -2.04. The van der Waals surface area contributed by atoms with E-state index in [9.17, 15) is 8.42 Å². The maximum absolute atomic E-state index is 11.8. The van der Waals surface area contributed by atoms with E-state index in [1.54, 1.807) is 48.5 Å². The average molecular weight is 309 g/mol. The number of hydrogen-bond acceptors (Lipinski definition) is 3. The van der Waals surface area contributed by atoms with Crippen molar-refractivity contribution in [2.75, 3.05) is 0 Å². The van der Waals surface area contributed by atoms with Crippen LogP contribution in [-0.4, -0.2) is 8.42 Å². The summed E-state index contributed by atoms with van der Waals surface area (Å²) in [5, 5.41) is 1.62. The van der Waals surface area contributed by atoms with Crippen LogP contribution in [0.15, 0.2) is 53.9 Å². The Morgan fingerprint density at radius 3 is 2.20 bits per heavy atom. The van der Waals surface area contributed by atoms with Crippen LogP contribution in [0, 0.1) is 6.92 Å². The van der Waals surface area contributed by atoms with Crippen LogP contribution in [0.2, 0.25) is 5.02 Å². The van der Waals surface area contributed by atoms with E-state index in [4.69, 9.17) is 15.8 Å². The number of aryl methyl sites for hydroxylation is 1. The Kier molecular flexibility index (Phi) is 4.47. The van der Waals surface area contributed by atoms with Gasteiger partial charge in [-0.15, -0.1) is 0 Å². The van der Waals surface area contributed by atoms with Gasteiger partial charge in [-0.2, -0.15) is 8.42 Å². The van der Waals surface area contributed by atoms with Gasteiger partial charge in [-0.05, 0) is 42.8 Å². The second-order valence-electron chi connectivity index (χ2n) is 4.24. The second-order valence-corrected chi connectivity index (χ2v) is 6.10. The van der Waals surface area contributed by atoms with E-state index in [2.05, 4.69) is 0 Å². The molecule has 0 aromatic heterocycles. The molecule has 0 aliphatic rings. The molecule has 0 atom stereocenters. The number of benzene rings is 2. The van der Waals surface area contributed by atoms with Crippen LogP contribution < -0.4 is 4.18 Å². The fourth-order valence-corrected chi connectivity index (χ4v) is 2.38. The number of rotatable bonds is 4. The summed E-state index contributed by atoms with van der Waals surface area (Å²) < 4.78 is 28.5. The highest BCUT2D eigenvalue weighted by Crippen LogP contribution is 2.16. The van der Waals surface area contributed by atoms with Crippen LogP contribution >= 0.6 is 11.6 Å². The zero-order valence-corrected chi connectivity index (χ0v) is 12.4. The summed E-state index contributed by atoms with van der Waals surface area (Å²) in [6.07, 6.45) is 1.46. The largest absolute Gasteiger partial charge is 0.379 e. The molecule has 0 aliphatic carbocycles. The quantitative estimate of drug-likeness (QED) is 0.801. The Morgan fingerprint density at radius 1 is 1.00 bits per heavy atom. The summed E-state index contributed by atoms with van der Waals surface area (Å²) in [6.45, 7) is 1.92. The Labute approximate surface area is 123 Å². The van der Waals surface area contributed by atoms with Crippen molar-refractivity contribution < 1.29 is 12.6 Å². The molecule has 0 radical (unpaired) electrons. The van der Waals surface area contributed by atoms with E-state index in [0.29, 0.717) is 5.02 Å². The third-order valence-corrected chi connectivity index (χ3v) is 3.68. The van der Waals surface area contributed by atoms with E-state index in [0.717, 1.165) is 16.5 Å². The molecule has 2 aromatic carbocycles. The van der Waals surface area contributed by atoms with Crippen molar-refractivity contribution in [1.29, 1.82) is 0 Å². The zero-order chi connectivity index (χ0) is 14.6. The Hall–Kier alpha value is -1.78. The van der Waals surface area contributed by atoms with Crippen molar-refractivity contribution in [2.45, 2.75) is 6.92 Å². The van der Waals surface area contributed by atoms with Gasteiger partial charge in [-0.25, -0.2) is 0 Å². The van der Waals surface area contributed by atoms with Gasteiger partial charge in [0.25, 0.3) is 0 Å². The van der Waals surface area contributed by atoms with Crippen molar-refractivity contribution in [3.8, 4) is 5.75 Å². The summed E-state index contributed by atoms with van der Waals surface area (Å²) in [5.74, 6) is 0.288. The fourth-order valence-electron chi connectivity index (χ4n) is 1.49. The topological polar surface area (TPSA) is 43.4 Å². The molecule has 0 amide bonds. The van der Waals surface area contributed by atoms with Crippen molar-refractivity contribution in [3.05, 3.63) is 70.1 Å². The van der Waals surface area contributed by atoms with Gasteiger partial charge in [0, 0.05) is 5.02 Å². The van der Waals surface area contributed by atoms with E-state index in [-0.39, 0.29) is 5.75 Å². The van der Waals surface area contributed by atoms with Crippen LogP contribution in [0.5, 0.6) is 5.75 Å². The van der Waals surface area contributed by atoms with Crippen LogP contribution in [0.3, 0.4) is 0 Å². The molecule has 0 saturated heterocycles. The van der Waals surface area contributed by atoms with Crippen LogP contribution in [0.4, 0.5) is 0 Å². The van der Waals surface area contributed by atoms with E-state index in [1.807, 2.05) is 6.92 Å². The summed E-state index contributed by atoms with van der Waals surface area (Å²) in [7, 11) is -3.77. The van der Waals surface area contributed by atoms with Crippen molar-refractivity contribution >= 4 is 27.8 Å². The molecular formula is C15H13ClO3S. The summed E-state index contributed by atoms with van der Waals surface area (Å²) in [4.78, 5) is 0. The molecule has 0 spiro atoms. The van der Waals surface area contributed by atoms with Gasteiger partial charge in [0.15, 0.2) is 0 Å². The summed E-state index contributed by atoms with van der Waals surface area (Å²) in [5.41, 5.74) is 1.76. The highest BCUT2D eigenvalue weighted by atomic mass is 35.5. The van der Waals surface area contributed by atoms with Crippen molar-refractivity contribution in [3.63, 3.8) is 0 Å². The maximum Gasteiger partial charge on any atom is 0.332 e. The lowest BCUT2D eigenvalue weighted by atomic mass is 10.2. The molecular weight excluding hydrogens is 296 g/mol. The maximum atomic E-state index is 11.8.